The van der Waals surface area contributed by atoms with Crippen molar-refractivity contribution in [2.24, 2.45) is 0 Å². The van der Waals surface area contributed by atoms with Crippen LogP contribution >= 0.6 is 0 Å². The largest absolute Gasteiger partial charge is 0.309 e. The summed E-state index contributed by atoms with van der Waals surface area (Å²) in [5, 5.41) is 2.43. The van der Waals surface area contributed by atoms with Crippen molar-refractivity contribution in [3.63, 3.8) is 0 Å². The van der Waals surface area contributed by atoms with Crippen LogP contribution in [0.15, 0.2) is 60.7 Å². The highest BCUT2D eigenvalue weighted by Crippen LogP contribution is 2.38. The fraction of sp³-hybridized carbons (Fsp3) is 0.250. The van der Waals surface area contributed by atoms with Crippen LogP contribution in [0.3, 0.4) is 0 Å². The maximum atomic E-state index is 4.76. The van der Waals surface area contributed by atoms with Gasteiger partial charge in [-0.15, -0.1) is 0 Å². The van der Waals surface area contributed by atoms with Gasteiger partial charge in [-0.25, -0.2) is 29.9 Å². The van der Waals surface area contributed by atoms with Gasteiger partial charge >= 0.3 is 0 Å². The molecule has 0 bridgehead atoms. The van der Waals surface area contributed by atoms with Crippen molar-refractivity contribution in [1.29, 1.82) is 0 Å². The van der Waals surface area contributed by atoms with Crippen LogP contribution in [0.25, 0.3) is 50.3 Å². The standard InChI is InChI=1S/C32H31N7/c1-18-33-19(2)36-30(35-18)22-12-14-29(26(16-22)31-37-20(3)34-21(4)38-31)39-27-11-9-8-10-24(27)25-17-23(32(5,6)7)13-15-28(25)39/h8-17H,1-7H3. The highest BCUT2D eigenvalue weighted by molar-refractivity contribution is 6.10. The third-order valence-electron chi connectivity index (χ3n) is 6.99. The molecule has 0 aliphatic carbocycles. The summed E-state index contributed by atoms with van der Waals surface area (Å²) in [6.07, 6.45) is 0. The lowest BCUT2D eigenvalue weighted by molar-refractivity contribution is 0.591. The number of nitrogens with zero attached hydrogens (tertiary/aromatic N) is 7. The van der Waals surface area contributed by atoms with Crippen LogP contribution in [0.2, 0.25) is 0 Å². The van der Waals surface area contributed by atoms with Crippen molar-refractivity contribution in [3.8, 4) is 28.5 Å². The van der Waals surface area contributed by atoms with E-state index in [4.69, 9.17) is 9.97 Å². The van der Waals surface area contributed by atoms with E-state index in [9.17, 15) is 0 Å². The van der Waals surface area contributed by atoms with Crippen molar-refractivity contribution in [2.45, 2.75) is 53.9 Å². The number of benzene rings is 3. The van der Waals surface area contributed by atoms with Crippen LogP contribution in [-0.4, -0.2) is 34.5 Å². The van der Waals surface area contributed by atoms with E-state index in [1.54, 1.807) is 0 Å². The van der Waals surface area contributed by atoms with Crippen LogP contribution in [0.1, 0.15) is 49.6 Å². The van der Waals surface area contributed by atoms with Crippen LogP contribution in [0.4, 0.5) is 0 Å². The van der Waals surface area contributed by atoms with E-state index in [0.29, 0.717) is 34.9 Å². The van der Waals surface area contributed by atoms with Gasteiger partial charge in [-0.3, -0.25) is 0 Å². The Hall–Kier alpha value is -4.52. The molecular formula is C32H31N7. The maximum Gasteiger partial charge on any atom is 0.165 e. The van der Waals surface area contributed by atoms with Crippen LogP contribution in [-0.2, 0) is 5.41 Å². The third kappa shape index (κ3) is 4.44. The molecule has 3 heterocycles. The third-order valence-corrected chi connectivity index (χ3v) is 6.99. The molecule has 6 aromatic rings. The number of aromatic nitrogens is 7. The van der Waals surface area contributed by atoms with Gasteiger partial charge in [0.1, 0.15) is 23.3 Å². The van der Waals surface area contributed by atoms with Crippen LogP contribution in [0, 0.1) is 27.7 Å². The highest BCUT2D eigenvalue weighted by atomic mass is 15.0. The average molecular weight is 514 g/mol. The minimum Gasteiger partial charge on any atom is -0.309 e. The SMILES string of the molecule is Cc1nc(C)nc(-c2ccc(-n3c4ccccc4c4cc(C(C)(C)C)ccc43)c(-c3nc(C)nc(C)n3)c2)n1. The zero-order valence-corrected chi connectivity index (χ0v) is 23.4. The Morgan fingerprint density at radius 2 is 1.15 bits per heavy atom. The maximum absolute atomic E-state index is 4.76. The molecule has 0 aliphatic rings. The second-order valence-corrected chi connectivity index (χ2v) is 11.1. The topological polar surface area (TPSA) is 82.3 Å². The van der Waals surface area contributed by atoms with Gasteiger partial charge in [0.05, 0.1) is 16.7 Å². The van der Waals surface area contributed by atoms with Crippen LogP contribution in [0.5, 0.6) is 0 Å². The van der Waals surface area contributed by atoms with E-state index in [-0.39, 0.29) is 5.41 Å². The molecule has 0 spiro atoms. The molecule has 0 atom stereocenters. The van der Waals surface area contributed by atoms with Crippen molar-refractivity contribution >= 4 is 21.8 Å². The first-order valence-electron chi connectivity index (χ1n) is 13.2. The minimum absolute atomic E-state index is 0.0466. The molecule has 3 aromatic heterocycles. The number of fused-ring (bicyclic) bond motifs is 3. The van der Waals surface area contributed by atoms with Crippen molar-refractivity contribution in [3.05, 3.63) is 89.5 Å². The molecule has 3 aromatic carbocycles. The Bertz CT molecular complexity index is 1850. The minimum atomic E-state index is 0.0466. The van der Waals surface area contributed by atoms with Crippen molar-refractivity contribution in [1.82, 2.24) is 34.5 Å². The van der Waals surface area contributed by atoms with Gasteiger partial charge in [0.25, 0.3) is 0 Å². The molecule has 0 saturated heterocycles. The molecule has 7 heteroatoms. The predicted octanol–water partition coefficient (Wildman–Crippen LogP) is 7.02. The normalized spacial score (nSPS) is 12.0. The first kappa shape index (κ1) is 24.8. The first-order valence-corrected chi connectivity index (χ1v) is 13.2. The average Bonchev–Trinajstić information content (AvgIpc) is 3.20. The summed E-state index contributed by atoms with van der Waals surface area (Å²) in [5.41, 5.74) is 6.37. The van der Waals surface area contributed by atoms with Gasteiger partial charge in [-0.1, -0.05) is 45.0 Å². The van der Waals surface area contributed by atoms with Gasteiger partial charge in [-0.05, 0) is 75.1 Å². The molecule has 0 radical (unpaired) electrons. The fourth-order valence-corrected chi connectivity index (χ4v) is 5.23. The molecule has 0 aliphatic heterocycles. The van der Waals surface area contributed by atoms with E-state index in [0.717, 1.165) is 27.8 Å². The summed E-state index contributed by atoms with van der Waals surface area (Å²) in [4.78, 5) is 27.5. The lowest BCUT2D eigenvalue weighted by Gasteiger charge is -2.19. The summed E-state index contributed by atoms with van der Waals surface area (Å²) in [6.45, 7) is 14.3. The van der Waals surface area contributed by atoms with E-state index < -0.39 is 0 Å². The number of para-hydroxylation sites is 1. The second-order valence-electron chi connectivity index (χ2n) is 11.1. The second kappa shape index (κ2) is 9.05. The summed E-state index contributed by atoms with van der Waals surface area (Å²) in [5.74, 6) is 3.98. The molecule has 0 amide bonds. The van der Waals surface area contributed by atoms with Crippen molar-refractivity contribution in [2.75, 3.05) is 0 Å². The van der Waals surface area contributed by atoms with Gasteiger partial charge in [0, 0.05) is 21.9 Å². The number of hydrogen-bond acceptors (Lipinski definition) is 6. The molecule has 6 rings (SSSR count). The highest BCUT2D eigenvalue weighted by Gasteiger charge is 2.21. The number of rotatable bonds is 3. The van der Waals surface area contributed by atoms with E-state index in [1.807, 2.05) is 27.7 Å². The summed E-state index contributed by atoms with van der Waals surface area (Å²) >= 11 is 0. The lowest BCUT2D eigenvalue weighted by Crippen LogP contribution is -2.10. The molecule has 194 valence electrons. The summed E-state index contributed by atoms with van der Waals surface area (Å²) in [6, 6.07) is 21.6. The molecule has 0 N–H and O–H groups in total. The Labute approximate surface area is 228 Å². The van der Waals surface area contributed by atoms with E-state index >= 15 is 0 Å². The van der Waals surface area contributed by atoms with Gasteiger partial charge in [0.2, 0.25) is 0 Å². The Morgan fingerprint density at radius 3 is 1.79 bits per heavy atom. The molecule has 0 saturated carbocycles. The summed E-state index contributed by atoms with van der Waals surface area (Å²) < 4.78 is 2.31. The zero-order valence-electron chi connectivity index (χ0n) is 23.4. The van der Waals surface area contributed by atoms with E-state index in [1.165, 1.54) is 16.3 Å². The fourth-order valence-electron chi connectivity index (χ4n) is 5.23. The quantitative estimate of drug-likeness (QED) is 0.253. The number of hydrogen-bond donors (Lipinski definition) is 0. The molecule has 0 fully saturated rings. The van der Waals surface area contributed by atoms with Gasteiger partial charge < -0.3 is 4.57 Å². The lowest BCUT2D eigenvalue weighted by atomic mass is 9.86. The summed E-state index contributed by atoms with van der Waals surface area (Å²) in [7, 11) is 0. The molecule has 7 nitrogen and oxygen atoms in total. The smallest absolute Gasteiger partial charge is 0.165 e. The monoisotopic (exact) mass is 513 g/mol. The number of aryl methyl sites for hydroxylation is 4. The Morgan fingerprint density at radius 1 is 0.564 bits per heavy atom. The van der Waals surface area contributed by atoms with Gasteiger partial charge in [0.15, 0.2) is 11.6 Å². The van der Waals surface area contributed by atoms with Gasteiger partial charge in [-0.2, -0.15) is 0 Å². The predicted molar refractivity (Wildman–Crippen MR) is 156 cm³/mol. The Kier molecular flexibility index (Phi) is 5.75. The molecule has 39 heavy (non-hydrogen) atoms. The zero-order chi connectivity index (χ0) is 27.5. The first-order chi connectivity index (χ1) is 18.6. The molecule has 0 unspecified atom stereocenters. The van der Waals surface area contributed by atoms with Crippen LogP contribution < -0.4 is 0 Å². The van der Waals surface area contributed by atoms with Crippen molar-refractivity contribution < 1.29 is 0 Å². The Balaban J connectivity index is 1.69. The van der Waals surface area contributed by atoms with E-state index in [2.05, 4.69) is 106 Å². The molecular weight excluding hydrogens is 482 g/mol.